The van der Waals surface area contributed by atoms with Gasteiger partial charge in [-0.1, -0.05) is 30.3 Å². The predicted molar refractivity (Wildman–Crippen MR) is 71.1 cm³/mol. The van der Waals surface area contributed by atoms with Crippen LogP contribution in [0.1, 0.15) is 18.4 Å². The molecule has 1 aliphatic heterocycles. The Morgan fingerprint density at radius 3 is 2.75 bits per heavy atom. The molecule has 0 aromatic heterocycles. The Morgan fingerprint density at radius 1 is 1.38 bits per heavy atom. The van der Waals surface area contributed by atoms with Crippen LogP contribution in [0.2, 0.25) is 0 Å². The van der Waals surface area contributed by atoms with E-state index in [4.69, 9.17) is 4.74 Å². The van der Waals surface area contributed by atoms with E-state index in [9.17, 15) is 4.79 Å². The minimum Gasteiger partial charge on any atom is -0.430 e. The molecule has 16 heavy (non-hydrogen) atoms. The first-order valence-electron chi connectivity index (χ1n) is 5.34. The zero-order valence-electron chi connectivity index (χ0n) is 8.86. The van der Waals surface area contributed by atoms with Crippen LogP contribution in [-0.4, -0.2) is 5.97 Å². The van der Waals surface area contributed by atoms with Gasteiger partial charge in [-0.25, -0.2) is 0 Å². The number of hydrogen-bond acceptors (Lipinski definition) is 2. The first-order chi connectivity index (χ1) is 7.79. The van der Waals surface area contributed by atoms with E-state index in [-0.39, 0.29) is 11.9 Å². The maximum Gasteiger partial charge on any atom is 0.314 e. The molecule has 0 aliphatic carbocycles. The highest BCUT2D eigenvalue weighted by atomic mass is 127. The Hall–Kier alpha value is -0.840. The lowest BCUT2D eigenvalue weighted by molar-refractivity contribution is -0.147. The standard InChI is InChI=1S/C13H13IO2/c14-9-12-7-6-11(13(15)16-12)8-10-4-2-1-3-5-10/h1-5,9,11H,6-8H2/b12-9-. The molecule has 1 saturated heterocycles. The molecule has 1 aliphatic rings. The number of cyclic esters (lactones) is 1. The SMILES string of the molecule is O=C1O/C(=C\I)CCC1Cc1ccccc1. The number of carbonyl (C=O) groups excluding carboxylic acids is 1. The fourth-order valence-electron chi connectivity index (χ4n) is 1.86. The zero-order chi connectivity index (χ0) is 11.4. The van der Waals surface area contributed by atoms with Crippen molar-refractivity contribution in [3.63, 3.8) is 0 Å². The molecule has 2 nitrogen and oxygen atoms in total. The maximum atomic E-state index is 11.7. The van der Waals surface area contributed by atoms with Gasteiger partial charge in [-0.05, 0) is 41.0 Å². The maximum absolute atomic E-state index is 11.7. The Bertz CT molecular complexity index is 398. The molecular weight excluding hydrogens is 315 g/mol. The van der Waals surface area contributed by atoms with E-state index in [1.165, 1.54) is 5.56 Å². The summed E-state index contributed by atoms with van der Waals surface area (Å²) >= 11 is 2.11. The molecule has 84 valence electrons. The summed E-state index contributed by atoms with van der Waals surface area (Å²) in [4.78, 5) is 11.7. The van der Waals surface area contributed by atoms with Crippen molar-refractivity contribution >= 4 is 28.6 Å². The lowest BCUT2D eigenvalue weighted by Crippen LogP contribution is -2.24. The van der Waals surface area contributed by atoms with Crippen LogP contribution < -0.4 is 0 Å². The number of esters is 1. The van der Waals surface area contributed by atoms with Crippen LogP contribution in [0.4, 0.5) is 0 Å². The van der Waals surface area contributed by atoms with Crippen molar-refractivity contribution in [2.24, 2.45) is 5.92 Å². The molecule has 0 radical (unpaired) electrons. The van der Waals surface area contributed by atoms with Crippen molar-refractivity contribution in [2.45, 2.75) is 19.3 Å². The number of allylic oxidation sites excluding steroid dienone is 1. The summed E-state index contributed by atoms with van der Waals surface area (Å²) in [6.07, 6.45) is 2.54. The van der Waals surface area contributed by atoms with Crippen LogP contribution in [-0.2, 0) is 16.0 Å². The van der Waals surface area contributed by atoms with Gasteiger partial charge in [0, 0.05) is 10.5 Å². The van der Waals surface area contributed by atoms with Gasteiger partial charge in [0.1, 0.15) is 5.76 Å². The Kier molecular flexibility index (Phi) is 3.98. The highest BCUT2D eigenvalue weighted by molar-refractivity contribution is 14.1. The fourth-order valence-corrected chi connectivity index (χ4v) is 2.30. The summed E-state index contributed by atoms with van der Waals surface area (Å²) in [5, 5.41) is 0. The number of rotatable bonds is 2. The van der Waals surface area contributed by atoms with Crippen molar-refractivity contribution < 1.29 is 9.53 Å². The van der Waals surface area contributed by atoms with Crippen LogP contribution >= 0.6 is 22.6 Å². The van der Waals surface area contributed by atoms with Gasteiger partial charge in [0.05, 0.1) is 5.92 Å². The van der Waals surface area contributed by atoms with Crippen molar-refractivity contribution in [2.75, 3.05) is 0 Å². The molecule has 3 heteroatoms. The average Bonchev–Trinajstić information content (AvgIpc) is 2.33. The van der Waals surface area contributed by atoms with Crippen molar-refractivity contribution in [1.29, 1.82) is 0 Å². The van der Waals surface area contributed by atoms with Gasteiger partial charge in [0.15, 0.2) is 0 Å². The fraction of sp³-hybridized carbons (Fsp3) is 0.308. The van der Waals surface area contributed by atoms with E-state index in [2.05, 4.69) is 34.7 Å². The summed E-state index contributed by atoms with van der Waals surface area (Å²) in [6, 6.07) is 10.1. The lowest BCUT2D eigenvalue weighted by atomic mass is 9.93. The molecule has 0 N–H and O–H groups in total. The van der Waals surface area contributed by atoms with Crippen molar-refractivity contribution in [3.05, 3.63) is 45.7 Å². The molecule has 1 heterocycles. The van der Waals surface area contributed by atoms with Crippen LogP contribution in [0, 0.1) is 5.92 Å². The van der Waals surface area contributed by atoms with Gasteiger partial charge >= 0.3 is 5.97 Å². The van der Waals surface area contributed by atoms with Gasteiger partial charge in [-0.15, -0.1) is 0 Å². The number of halogens is 1. The van der Waals surface area contributed by atoms with Crippen LogP contribution in [0.5, 0.6) is 0 Å². The number of ether oxygens (including phenoxy) is 1. The lowest BCUT2D eigenvalue weighted by Gasteiger charge is -2.22. The van der Waals surface area contributed by atoms with Crippen LogP contribution in [0.3, 0.4) is 0 Å². The van der Waals surface area contributed by atoms with Gasteiger partial charge in [-0.3, -0.25) is 4.79 Å². The topological polar surface area (TPSA) is 26.3 Å². The van der Waals surface area contributed by atoms with Crippen molar-refractivity contribution in [1.82, 2.24) is 0 Å². The van der Waals surface area contributed by atoms with E-state index in [0.717, 1.165) is 25.0 Å². The first-order valence-corrected chi connectivity index (χ1v) is 6.59. The highest BCUT2D eigenvalue weighted by Gasteiger charge is 2.26. The summed E-state index contributed by atoms with van der Waals surface area (Å²) < 4.78 is 7.08. The third-order valence-electron chi connectivity index (χ3n) is 2.75. The molecule has 0 saturated carbocycles. The largest absolute Gasteiger partial charge is 0.430 e. The minimum absolute atomic E-state index is 0.0162. The Morgan fingerprint density at radius 2 is 2.12 bits per heavy atom. The molecular formula is C13H13IO2. The summed E-state index contributed by atoms with van der Waals surface area (Å²) in [5.41, 5.74) is 1.20. The molecule has 0 spiro atoms. The third kappa shape index (κ3) is 2.84. The molecule has 1 atom stereocenters. The second kappa shape index (κ2) is 5.48. The normalized spacial score (nSPS) is 23.2. The van der Waals surface area contributed by atoms with Gasteiger partial charge in [0.25, 0.3) is 0 Å². The van der Waals surface area contributed by atoms with Gasteiger partial charge < -0.3 is 4.74 Å². The van der Waals surface area contributed by atoms with E-state index in [1.54, 1.807) is 0 Å². The number of benzene rings is 1. The smallest absolute Gasteiger partial charge is 0.314 e. The predicted octanol–water partition coefficient (Wildman–Crippen LogP) is 3.46. The summed E-state index contributed by atoms with van der Waals surface area (Å²) in [7, 11) is 0. The molecule has 1 unspecified atom stereocenters. The first kappa shape index (κ1) is 11.6. The average molecular weight is 328 g/mol. The summed E-state index contributed by atoms with van der Waals surface area (Å²) in [5.74, 6) is 0.732. The number of hydrogen-bond donors (Lipinski definition) is 0. The monoisotopic (exact) mass is 328 g/mol. The Balaban J connectivity index is 2.00. The van der Waals surface area contributed by atoms with Crippen LogP contribution in [0.15, 0.2) is 40.2 Å². The molecule has 1 aromatic rings. The van der Waals surface area contributed by atoms with E-state index in [0.29, 0.717) is 0 Å². The second-order valence-electron chi connectivity index (χ2n) is 3.92. The molecule has 1 fully saturated rings. The number of carbonyl (C=O) groups is 1. The van der Waals surface area contributed by atoms with E-state index in [1.807, 2.05) is 22.3 Å². The van der Waals surface area contributed by atoms with Gasteiger partial charge in [-0.2, -0.15) is 0 Å². The second-order valence-corrected chi connectivity index (χ2v) is 4.54. The zero-order valence-corrected chi connectivity index (χ0v) is 11.0. The minimum atomic E-state index is -0.0852. The molecule has 1 aromatic carbocycles. The van der Waals surface area contributed by atoms with E-state index < -0.39 is 0 Å². The Labute approximate surface area is 109 Å². The third-order valence-corrected chi connectivity index (χ3v) is 3.45. The highest BCUT2D eigenvalue weighted by Crippen LogP contribution is 2.26. The van der Waals surface area contributed by atoms with Crippen molar-refractivity contribution in [3.8, 4) is 0 Å². The van der Waals surface area contributed by atoms with Gasteiger partial charge in [0.2, 0.25) is 0 Å². The summed E-state index contributed by atoms with van der Waals surface area (Å²) in [6.45, 7) is 0. The molecule has 0 bridgehead atoms. The van der Waals surface area contributed by atoms with Crippen LogP contribution in [0.25, 0.3) is 0 Å². The molecule has 2 rings (SSSR count). The molecule has 0 amide bonds. The van der Waals surface area contributed by atoms with E-state index >= 15 is 0 Å². The quantitative estimate of drug-likeness (QED) is 0.614.